The summed E-state index contributed by atoms with van der Waals surface area (Å²) < 4.78 is 1.94. The molecule has 21 heavy (non-hydrogen) atoms. The maximum atomic E-state index is 12.5. The van der Waals surface area contributed by atoms with Gasteiger partial charge >= 0.3 is 0 Å². The Morgan fingerprint density at radius 3 is 3.14 bits per heavy atom. The van der Waals surface area contributed by atoms with E-state index in [2.05, 4.69) is 16.5 Å². The number of carbonyl (C=O) groups is 1. The summed E-state index contributed by atoms with van der Waals surface area (Å²) in [6.45, 7) is 0. The van der Waals surface area contributed by atoms with Gasteiger partial charge in [-0.3, -0.25) is 9.48 Å². The van der Waals surface area contributed by atoms with Gasteiger partial charge < -0.3 is 5.32 Å². The first-order valence-electron chi connectivity index (χ1n) is 7.65. The Morgan fingerprint density at radius 2 is 2.29 bits per heavy atom. The highest BCUT2D eigenvalue weighted by molar-refractivity contribution is 7.14. The molecule has 1 amide bonds. The average molecular weight is 301 g/mol. The van der Waals surface area contributed by atoms with Gasteiger partial charge in [0.1, 0.15) is 0 Å². The third kappa shape index (κ3) is 2.20. The van der Waals surface area contributed by atoms with Gasteiger partial charge in [-0.25, -0.2) is 0 Å². The van der Waals surface area contributed by atoms with Gasteiger partial charge in [-0.05, 0) is 50.2 Å². The molecule has 0 bridgehead atoms. The van der Waals surface area contributed by atoms with Crippen LogP contribution in [0.25, 0.3) is 0 Å². The molecule has 1 N–H and O–H groups in total. The van der Waals surface area contributed by atoms with Gasteiger partial charge in [-0.15, -0.1) is 11.3 Å². The maximum absolute atomic E-state index is 12.5. The minimum Gasteiger partial charge on any atom is -0.344 e. The number of aromatic nitrogens is 2. The minimum absolute atomic E-state index is 0.0797. The van der Waals surface area contributed by atoms with Gasteiger partial charge in [0.25, 0.3) is 5.91 Å². The van der Waals surface area contributed by atoms with Gasteiger partial charge in [-0.1, -0.05) is 0 Å². The number of rotatable bonds is 2. The number of amides is 1. The van der Waals surface area contributed by atoms with Crippen molar-refractivity contribution in [2.24, 2.45) is 7.05 Å². The lowest BCUT2D eigenvalue weighted by atomic mass is 9.93. The fraction of sp³-hybridized carbons (Fsp3) is 0.500. The van der Waals surface area contributed by atoms with Gasteiger partial charge in [0.15, 0.2) is 0 Å². The summed E-state index contributed by atoms with van der Waals surface area (Å²) in [5, 5.41) is 7.55. The number of carbonyl (C=O) groups excluding carboxylic acids is 1. The molecule has 0 aliphatic heterocycles. The maximum Gasteiger partial charge on any atom is 0.261 e. The van der Waals surface area contributed by atoms with Crippen LogP contribution in [-0.4, -0.2) is 15.7 Å². The number of fused-ring (bicyclic) bond motifs is 2. The number of aryl methyl sites for hydroxylation is 3. The van der Waals surface area contributed by atoms with E-state index < -0.39 is 0 Å². The first-order valence-corrected chi connectivity index (χ1v) is 8.47. The van der Waals surface area contributed by atoms with Crippen LogP contribution in [0, 0.1) is 0 Å². The van der Waals surface area contributed by atoms with Crippen molar-refractivity contribution in [1.29, 1.82) is 0 Å². The molecule has 0 saturated carbocycles. The first-order chi connectivity index (χ1) is 10.2. The van der Waals surface area contributed by atoms with Crippen molar-refractivity contribution in [3.05, 3.63) is 38.8 Å². The van der Waals surface area contributed by atoms with Crippen LogP contribution in [-0.2, 0) is 26.3 Å². The van der Waals surface area contributed by atoms with Crippen LogP contribution in [0.5, 0.6) is 0 Å². The second-order valence-corrected chi connectivity index (χ2v) is 7.14. The van der Waals surface area contributed by atoms with Crippen molar-refractivity contribution in [2.45, 2.75) is 44.6 Å². The number of hydrogen-bond donors (Lipinski definition) is 1. The van der Waals surface area contributed by atoms with Crippen molar-refractivity contribution >= 4 is 17.2 Å². The molecule has 2 aliphatic carbocycles. The van der Waals surface area contributed by atoms with Gasteiger partial charge in [0.05, 0.1) is 17.1 Å². The minimum atomic E-state index is 0.0797. The molecular weight excluding hydrogens is 282 g/mol. The number of nitrogens with one attached hydrogen (secondary N) is 1. The van der Waals surface area contributed by atoms with Crippen molar-refractivity contribution in [3.63, 3.8) is 0 Å². The predicted octanol–water partition coefficient (Wildman–Crippen LogP) is 2.78. The summed E-state index contributed by atoms with van der Waals surface area (Å²) in [4.78, 5) is 14.8. The van der Waals surface area contributed by atoms with Crippen LogP contribution < -0.4 is 5.32 Å². The Labute approximate surface area is 128 Å². The van der Waals surface area contributed by atoms with E-state index in [0.29, 0.717) is 0 Å². The number of hydrogen-bond acceptors (Lipinski definition) is 3. The highest BCUT2D eigenvalue weighted by atomic mass is 32.1. The lowest BCUT2D eigenvalue weighted by Gasteiger charge is -2.23. The topological polar surface area (TPSA) is 46.9 Å². The van der Waals surface area contributed by atoms with Crippen LogP contribution >= 0.6 is 11.3 Å². The van der Waals surface area contributed by atoms with Crippen LogP contribution in [0.2, 0.25) is 0 Å². The Hall–Kier alpha value is -1.62. The lowest BCUT2D eigenvalue weighted by molar-refractivity contribution is 0.0936. The van der Waals surface area contributed by atoms with E-state index >= 15 is 0 Å². The van der Waals surface area contributed by atoms with Crippen molar-refractivity contribution in [2.75, 3.05) is 0 Å². The summed E-state index contributed by atoms with van der Waals surface area (Å²) in [5.41, 5.74) is 3.84. The fourth-order valence-electron chi connectivity index (χ4n) is 3.53. The normalized spacial score (nSPS) is 20.1. The molecule has 1 unspecified atom stereocenters. The van der Waals surface area contributed by atoms with E-state index in [4.69, 9.17) is 0 Å². The van der Waals surface area contributed by atoms with Crippen LogP contribution in [0.4, 0.5) is 0 Å². The summed E-state index contributed by atoms with van der Waals surface area (Å²) in [6, 6.07) is 2.21. The molecule has 4 rings (SSSR count). The molecular formula is C16H19N3OS. The van der Waals surface area contributed by atoms with E-state index in [-0.39, 0.29) is 11.9 Å². The number of thiophene rings is 1. The average Bonchev–Trinajstić information content (AvgIpc) is 3.14. The van der Waals surface area contributed by atoms with Gasteiger partial charge in [0, 0.05) is 23.2 Å². The summed E-state index contributed by atoms with van der Waals surface area (Å²) >= 11 is 1.67. The molecule has 0 aromatic carbocycles. The summed E-state index contributed by atoms with van der Waals surface area (Å²) in [6.07, 6.45) is 8.61. The second-order valence-electron chi connectivity index (χ2n) is 6.00. The summed E-state index contributed by atoms with van der Waals surface area (Å²) in [5.74, 6) is 0.0797. The van der Waals surface area contributed by atoms with E-state index in [1.807, 2.05) is 17.9 Å². The molecule has 2 aromatic rings. The Balaban J connectivity index is 1.54. The molecule has 1 atom stereocenters. The van der Waals surface area contributed by atoms with Crippen LogP contribution in [0.15, 0.2) is 12.3 Å². The van der Waals surface area contributed by atoms with Crippen LogP contribution in [0.1, 0.15) is 56.7 Å². The molecule has 0 fully saturated rings. The molecule has 2 aliphatic rings. The smallest absolute Gasteiger partial charge is 0.261 e. The van der Waals surface area contributed by atoms with E-state index in [9.17, 15) is 4.79 Å². The molecule has 110 valence electrons. The second kappa shape index (κ2) is 4.98. The largest absolute Gasteiger partial charge is 0.344 e. The molecule has 0 radical (unpaired) electrons. The Bertz CT molecular complexity index is 679. The van der Waals surface area contributed by atoms with E-state index in [0.717, 1.165) is 37.0 Å². The SMILES string of the molecule is Cn1ncc2c1CCCC2NC(=O)c1cc2c(s1)CCC2. The lowest BCUT2D eigenvalue weighted by Crippen LogP contribution is -2.30. The standard InChI is InChI=1S/C16H19N3OS/c1-19-13-6-3-5-12(11(13)9-17-19)18-16(20)15-8-10-4-2-7-14(10)21-15/h8-9,12H,2-7H2,1H3,(H,18,20). The third-order valence-electron chi connectivity index (χ3n) is 4.65. The predicted molar refractivity (Wildman–Crippen MR) is 82.7 cm³/mol. The Morgan fingerprint density at radius 1 is 1.38 bits per heavy atom. The zero-order chi connectivity index (χ0) is 14.4. The Kier molecular flexibility index (Phi) is 3.10. The third-order valence-corrected chi connectivity index (χ3v) is 5.89. The monoisotopic (exact) mass is 301 g/mol. The summed E-state index contributed by atoms with van der Waals surface area (Å²) in [7, 11) is 1.98. The van der Waals surface area contributed by atoms with Gasteiger partial charge in [-0.2, -0.15) is 5.10 Å². The number of nitrogens with zero attached hydrogens (tertiary/aromatic N) is 2. The van der Waals surface area contributed by atoms with Gasteiger partial charge in [0.2, 0.25) is 0 Å². The molecule has 4 nitrogen and oxygen atoms in total. The fourth-order valence-corrected chi connectivity index (χ4v) is 4.68. The van der Waals surface area contributed by atoms with E-state index in [1.54, 1.807) is 11.3 Å². The van der Waals surface area contributed by atoms with E-state index in [1.165, 1.54) is 28.1 Å². The van der Waals surface area contributed by atoms with Crippen molar-refractivity contribution < 1.29 is 4.79 Å². The van der Waals surface area contributed by atoms with Crippen LogP contribution in [0.3, 0.4) is 0 Å². The molecule has 0 spiro atoms. The molecule has 2 heterocycles. The highest BCUT2D eigenvalue weighted by Crippen LogP contribution is 2.32. The quantitative estimate of drug-likeness (QED) is 0.927. The molecule has 5 heteroatoms. The zero-order valence-corrected chi connectivity index (χ0v) is 13.0. The first kappa shape index (κ1) is 13.1. The van der Waals surface area contributed by atoms with Crippen molar-refractivity contribution in [1.82, 2.24) is 15.1 Å². The molecule has 0 saturated heterocycles. The highest BCUT2D eigenvalue weighted by Gasteiger charge is 2.26. The molecule has 2 aromatic heterocycles. The zero-order valence-electron chi connectivity index (χ0n) is 12.2. The van der Waals surface area contributed by atoms with Crippen molar-refractivity contribution in [3.8, 4) is 0 Å².